The van der Waals surface area contributed by atoms with E-state index in [2.05, 4.69) is 18.1 Å². The molecule has 1 aromatic heterocycles. The molecule has 2 unspecified atom stereocenters. The summed E-state index contributed by atoms with van der Waals surface area (Å²) in [6, 6.07) is 2.08. The van der Waals surface area contributed by atoms with Crippen molar-refractivity contribution in [3.63, 3.8) is 0 Å². The van der Waals surface area contributed by atoms with Crippen molar-refractivity contribution in [2.24, 2.45) is 40.9 Å². The van der Waals surface area contributed by atoms with Crippen LogP contribution in [0, 0.1) is 52.3 Å². The van der Waals surface area contributed by atoms with E-state index in [4.69, 9.17) is 15.7 Å². The number of aromatic nitrogens is 2. The van der Waals surface area contributed by atoms with Gasteiger partial charge in [-0.05, 0) is 99.7 Å². The minimum Gasteiger partial charge on any atom is -0.632 e. The van der Waals surface area contributed by atoms with Crippen molar-refractivity contribution in [2.75, 3.05) is 0 Å². The molecule has 0 saturated heterocycles. The summed E-state index contributed by atoms with van der Waals surface area (Å²) in [6.07, 6.45) is 11.9. The molecule has 1 radical (unpaired) electrons. The van der Waals surface area contributed by atoms with Crippen LogP contribution < -0.4 is 0 Å². The van der Waals surface area contributed by atoms with Crippen LogP contribution in [0.15, 0.2) is 12.4 Å². The average Bonchev–Trinajstić information content (AvgIpc) is 3.35. The first-order chi connectivity index (χ1) is 15.7. The molecule has 4 aliphatic rings. The van der Waals surface area contributed by atoms with Gasteiger partial charge in [-0.2, -0.15) is 10.4 Å². The van der Waals surface area contributed by atoms with E-state index in [0.717, 1.165) is 44.4 Å². The van der Waals surface area contributed by atoms with E-state index in [-0.39, 0.29) is 77.4 Å². The molecular weight excluding hydrogens is 689 g/mol. The Hall–Kier alpha value is -0.568. The summed E-state index contributed by atoms with van der Waals surface area (Å²) in [5, 5.41) is 13.2. The van der Waals surface area contributed by atoms with Gasteiger partial charge in [-0.25, -0.2) is 0 Å². The second-order valence-electron chi connectivity index (χ2n) is 11.7. The fourth-order valence-electron chi connectivity index (χ4n) is 8.69. The predicted molar refractivity (Wildman–Crippen MR) is 122 cm³/mol. The molecule has 1 N–H and O–H groups in total. The van der Waals surface area contributed by atoms with Gasteiger partial charge in [-0.1, -0.05) is 6.92 Å². The van der Waals surface area contributed by atoms with Crippen LogP contribution in [0.2, 0.25) is 0 Å². The second kappa shape index (κ2) is 11.0. The number of amides is 1. The normalized spacial score (nSPS) is 39.5. The van der Waals surface area contributed by atoms with E-state index in [0.29, 0.717) is 29.2 Å². The van der Waals surface area contributed by atoms with Crippen LogP contribution in [0.25, 0.3) is 5.73 Å². The Bertz CT molecular complexity index is 995. The van der Waals surface area contributed by atoms with E-state index < -0.39 is 11.7 Å². The Labute approximate surface area is 247 Å². The summed E-state index contributed by atoms with van der Waals surface area (Å²) in [6.45, 7) is 4.64. The van der Waals surface area contributed by atoms with Crippen molar-refractivity contribution in [2.45, 2.75) is 83.8 Å². The van der Waals surface area contributed by atoms with Crippen molar-refractivity contribution >= 4 is 11.9 Å². The zero-order chi connectivity index (χ0) is 23.4. The van der Waals surface area contributed by atoms with Crippen LogP contribution in [0.5, 0.6) is 0 Å². The van der Waals surface area contributed by atoms with Crippen LogP contribution in [0.1, 0.15) is 77.2 Å². The molecule has 7 nitrogen and oxygen atoms in total. The van der Waals surface area contributed by atoms with Gasteiger partial charge < -0.3 is 10.5 Å². The summed E-state index contributed by atoms with van der Waals surface area (Å²) in [5.74, 6) is 3.65. The smallest absolute Gasteiger partial charge is 0.227 e. The van der Waals surface area contributed by atoms with Crippen LogP contribution in [-0.4, -0.2) is 27.3 Å². The standard InChI is InChI=1S/C26H36N4O3.W.Y/c1-25(33-24(28)32)9-7-18-17(11-25)3-4-20-19(18)8-10-26(2)21(20)5-6-22(26)23(31)15-30-14-16(12-27)13-29-30;;/h13-14,17-22H,3-11,15H2,1-2H3,(H2,28,32);;/p-1/t17-,18+,19?,20-,21?,22-,25-,26+;;/m1../s1. The molecule has 9 heteroatoms. The van der Waals surface area contributed by atoms with E-state index in [1.807, 2.05) is 6.92 Å². The molecule has 0 spiro atoms. The maximum Gasteiger partial charge on any atom is 0.227 e. The number of rotatable bonds is 4. The van der Waals surface area contributed by atoms with Crippen LogP contribution >= 0.6 is 0 Å². The predicted octanol–water partition coefficient (Wildman–Crippen LogP) is 5.54. The fraction of sp³-hybridized carbons (Fsp3) is 0.769. The van der Waals surface area contributed by atoms with Gasteiger partial charge in [0.05, 0.1) is 18.3 Å². The number of hydrogen-bond donors (Lipinski definition) is 0. The van der Waals surface area contributed by atoms with Gasteiger partial charge in [0.15, 0.2) is 5.78 Å². The first kappa shape index (κ1) is 29.0. The monoisotopic (exact) mass is 724 g/mol. The number of nitrogens with zero attached hydrogens (tertiary/aromatic N) is 3. The van der Waals surface area contributed by atoms with Gasteiger partial charge in [0.2, 0.25) is 6.09 Å². The number of hydrogen-bond acceptors (Lipinski definition) is 5. The minimum absolute atomic E-state index is 0. The molecule has 5 rings (SSSR count). The number of ether oxygens (including phenoxy) is 1. The number of ketones is 1. The van der Waals surface area contributed by atoms with E-state index in [1.165, 1.54) is 25.5 Å². The number of carbonyl (C=O) groups excluding carboxylic acids is 2. The number of carbonyl (C=O) groups is 2. The third kappa shape index (κ3) is 5.37. The van der Waals surface area contributed by atoms with Crippen molar-refractivity contribution in [1.29, 1.82) is 5.26 Å². The largest absolute Gasteiger partial charge is 0.632 e. The summed E-state index contributed by atoms with van der Waals surface area (Å²) >= 11 is 0. The average molecular weight is 724 g/mol. The van der Waals surface area contributed by atoms with Crippen molar-refractivity contribution < 1.29 is 68.1 Å². The maximum atomic E-state index is 13.3. The SMILES string of the molecule is C[C@@]1(OC([NH-])=O)CC[C@@H]2C3CC[C@@]4(C)C(CC[C@@H]4C(=O)Cn4cc(C#N)cn4)[C@@H]3CC[C@@H]2C1.[W].[Y]. The van der Waals surface area contributed by atoms with Crippen molar-refractivity contribution in [3.8, 4) is 6.07 Å². The molecule has 8 atom stereocenters. The molecule has 4 aliphatic carbocycles. The van der Waals surface area contributed by atoms with Gasteiger partial charge in [-0.15, -0.1) is 0 Å². The number of nitriles is 1. The number of nitrogens with one attached hydrogen (secondary N) is 1. The summed E-state index contributed by atoms with van der Waals surface area (Å²) in [4.78, 5) is 24.6. The molecule has 0 aliphatic heterocycles. The first-order valence-corrected chi connectivity index (χ1v) is 12.6. The van der Waals surface area contributed by atoms with Crippen LogP contribution in [-0.2, 0) is 69.9 Å². The molecule has 0 aromatic carbocycles. The van der Waals surface area contributed by atoms with Crippen molar-refractivity contribution in [3.05, 3.63) is 23.7 Å². The van der Waals surface area contributed by atoms with Gasteiger partial charge in [0.25, 0.3) is 0 Å². The molecule has 4 saturated carbocycles. The summed E-state index contributed by atoms with van der Waals surface area (Å²) < 4.78 is 7.03. The fourth-order valence-corrected chi connectivity index (χ4v) is 8.69. The topological polar surface area (TPSA) is 109 Å². The Morgan fingerprint density at radius 1 is 1.14 bits per heavy atom. The minimum atomic E-state index is -0.904. The zero-order valence-electron chi connectivity index (χ0n) is 20.7. The Kier molecular flexibility index (Phi) is 9.15. The van der Waals surface area contributed by atoms with E-state index in [9.17, 15) is 9.59 Å². The number of fused-ring (bicyclic) bond motifs is 5. The van der Waals surface area contributed by atoms with Crippen molar-refractivity contribution in [1.82, 2.24) is 9.78 Å². The molecule has 1 aromatic rings. The van der Waals surface area contributed by atoms with Gasteiger partial charge in [0, 0.05) is 65.9 Å². The molecule has 1 amide bonds. The Balaban J connectivity index is 0.00000171. The summed E-state index contributed by atoms with van der Waals surface area (Å²) in [7, 11) is 0. The molecule has 1 heterocycles. The first-order valence-electron chi connectivity index (χ1n) is 12.6. The second-order valence-corrected chi connectivity index (χ2v) is 11.7. The van der Waals surface area contributed by atoms with Gasteiger partial charge in [0.1, 0.15) is 11.7 Å². The molecule has 35 heavy (non-hydrogen) atoms. The third-order valence-corrected chi connectivity index (χ3v) is 10.0. The molecule has 0 bridgehead atoms. The van der Waals surface area contributed by atoms with Gasteiger partial charge >= 0.3 is 0 Å². The van der Waals surface area contributed by atoms with Crippen LogP contribution in [0.4, 0.5) is 4.79 Å². The molecule has 187 valence electrons. The Morgan fingerprint density at radius 3 is 2.57 bits per heavy atom. The summed E-state index contributed by atoms with van der Waals surface area (Å²) in [5.41, 5.74) is 7.34. The zero-order valence-corrected chi connectivity index (χ0v) is 26.5. The van der Waals surface area contributed by atoms with Crippen LogP contribution in [0.3, 0.4) is 0 Å². The molecule has 4 fully saturated rings. The van der Waals surface area contributed by atoms with Gasteiger partial charge in [-0.3, -0.25) is 14.3 Å². The number of Topliss-reactive ketones (excluding diaryl/α,β-unsaturated/α-hetero) is 1. The van der Waals surface area contributed by atoms with E-state index in [1.54, 1.807) is 10.9 Å². The third-order valence-electron chi connectivity index (χ3n) is 10.0. The quantitative estimate of drug-likeness (QED) is 0.406. The van der Waals surface area contributed by atoms with E-state index >= 15 is 0 Å². The Morgan fingerprint density at radius 2 is 1.89 bits per heavy atom. The molecular formula is C26H35N4O3WY-. The maximum absolute atomic E-state index is 13.3.